The SMILES string of the molecule is Cc1cc(CBr)ccc1N(C)Cc1ccccc1Br. The maximum absolute atomic E-state index is 3.61. The standard InChI is InChI=1S/C16H17Br2N/c1-12-9-13(10-17)7-8-16(12)19(2)11-14-5-3-4-6-15(14)18/h3-9H,10-11H2,1-2H3. The zero-order chi connectivity index (χ0) is 13.8. The van der Waals surface area contributed by atoms with Crippen molar-refractivity contribution in [1.82, 2.24) is 0 Å². The first-order chi connectivity index (χ1) is 9.11. The van der Waals surface area contributed by atoms with Gasteiger partial charge in [-0.3, -0.25) is 0 Å². The summed E-state index contributed by atoms with van der Waals surface area (Å²) in [6, 6.07) is 15.0. The van der Waals surface area contributed by atoms with Gasteiger partial charge in [0.05, 0.1) is 0 Å². The summed E-state index contributed by atoms with van der Waals surface area (Å²) in [5.41, 5.74) is 5.21. The number of anilines is 1. The number of nitrogens with zero attached hydrogens (tertiary/aromatic N) is 1. The molecule has 0 aliphatic carbocycles. The Bertz CT molecular complexity index is 566. The van der Waals surface area contributed by atoms with E-state index in [2.05, 4.69) is 87.1 Å². The minimum absolute atomic E-state index is 0.899. The molecule has 0 amide bonds. The molecular formula is C16H17Br2N. The minimum Gasteiger partial charge on any atom is -0.370 e. The van der Waals surface area contributed by atoms with Crippen molar-refractivity contribution < 1.29 is 0 Å². The Balaban J connectivity index is 2.21. The normalized spacial score (nSPS) is 10.5. The second-order valence-corrected chi connectivity index (χ2v) is 6.12. The highest BCUT2D eigenvalue weighted by Gasteiger charge is 2.07. The van der Waals surface area contributed by atoms with Gasteiger partial charge in [-0.25, -0.2) is 0 Å². The van der Waals surface area contributed by atoms with Crippen LogP contribution in [0.5, 0.6) is 0 Å². The number of halogens is 2. The Morgan fingerprint density at radius 3 is 2.47 bits per heavy atom. The van der Waals surface area contributed by atoms with Gasteiger partial charge in [0.15, 0.2) is 0 Å². The fourth-order valence-corrected chi connectivity index (χ4v) is 2.96. The van der Waals surface area contributed by atoms with E-state index in [9.17, 15) is 0 Å². The van der Waals surface area contributed by atoms with Crippen LogP contribution in [0.15, 0.2) is 46.9 Å². The molecule has 0 aliphatic heterocycles. The van der Waals surface area contributed by atoms with Gasteiger partial charge in [-0.05, 0) is 35.7 Å². The monoisotopic (exact) mass is 381 g/mol. The average molecular weight is 383 g/mol. The van der Waals surface area contributed by atoms with Crippen molar-refractivity contribution in [2.24, 2.45) is 0 Å². The summed E-state index contributed by atoms with van der Waals surface area (Å²) in [6.45, 7) is 3.06. The summed E-state index contributed by atoms with van der Waals surface area (Å²) < 4.78 is 1.16. The van der Waals surface area contributed by atoms with Gasteiger partial charge in [0.2, 0.25) is 0 Å². The second-order valence-electron chi connectivity index (χ2n) is 4.70. The third-order valence-corrected chi connectivity index (χ3v) is 4.61. The van der Waals surface area contributed by atoms with Crippen molar-refractivity contribution in [3.8, 4) is 0 Å². The number of hydrogen-bond acceptors (Lipinski definition) is 1. The fraction of sp³-hybridized carbons (Fsp3) is 0.250. The minimum atomic E-state index is 0.899. The van der Waals surface area contributed by atoms with Crippen LogP contribution >= 0.6 is 31.9 Å². The highest BCUT2D eigenvalue weighted by molar-refractivity contribution is 9.10. The van der Waals surface area contributed by atoms with Gasteiger partial charge in [-0.2, -0.15) is 0 Å². The third-order valence-electron chi connectivity index (χ3n) is 3.19. The third kappa shape index (κ3) is 3.61. The molecule has 1 nitrogen and oxygen atoms in total. The van der Waals surface area contributed by atoms with Crippen LogP contribution in [0.4, 0.5) is 5.69 Å². The molecule has 0 saturated carbocycles. The molecule has 0 N–H and O–H groups in total. The molecule has 2 aromatic rings. The Hall–Kier alpha value is -0.800. The molecule has 0 aromatic heterocycles. The van der Waals surface area contributed by atoms with Crippen molar-refractivity contribution in [2.45, 2.75) is 18.8 Å². The molecular weight excluding hydrogens is 366 g/mol. The molecule has 19 heavy (non-hydrogen) atoms. The lowest BCUT2D eigenvalue weighted by molar-refractivity contribution is 0.912. The van der Waals surface area contributed by atoms with Crippen LogP contribution in [0.2, 0.25) is 0 Å². The van der Waals surface area contributed by atoms with Gasteiger partial charge < -0.3 is 4.90 Å². The molecule has 0 fully saturated rings. The molecule has 2 rings (SSSR count). The van der Waals surface area contributed by atoms with Crippen LogP contribution in [0, 0.1) is 6.92 Å². The van der Waals surface area contributed by atoms with Crippen LogP contribution in [-0.2, 0) is 11.9 Å². The molecule has 0 spiro atoms. The van der Waals surface area contributed by atoms with E-state index in [-0.39, 0.29) is 0 Å². The van der Waals surface area contributed by atoms with E-state index in [1.165, 1.54) is 22.4 Å². The van der Waals surface area contributed by atoms with E-state index in [0.717, 1.165) is 16.3 Å². The predicted molar refractivity (Wildman–Crippen MR) is 90.1 cm³/mol. The van der Waals surface area contributed by atoms with Gasteiger partial charge in [0, 0.05) is 29.1 Å². The lowest BCUT2D eigenvalue weighted by Crippen LogP contribution is -2.17. The maximum atomic E-state index is 3.61. The van der Waals surface area contributed by atoms with E-state index < -0.39 is 0 Å². The van der Waals surface area contributed by atoms with Crippen LogP contribution in [0.3, 0.4) is 0 Å². The summed E-state index contributed by atoms with van der Waals surface area (Å²) in [5.74, 6) is 0. The van der Waals surface area contributed by atoms with Gasteiger partial charge in [0.1, 0.15) is 0 Å². The van der Waals surface area contributed by atoms with E-state index in [4.69, 9.17) is 0 Å². The Morgan fingerprint density at radius 1 is 1.11 bits per heavy atom. The summed E-state index contributed by atoms with van der Waals surface area (Å²) in [6.07, 6.45) is 0. The predicted octanol–water partition coefficient (Wildman–Crippen LogP) is 5.29. The molecule has 0 radical (unpaired) electrons. The molecule has 0 unspecified atom stereocenters. The number of alkyl halides is 1. The summed E-state index contributed by atoms with van der Waals surface area (Å²) in [5, 5.41) is 0.905. The molecule has 0 aliphatic rings. The Kier molecular flexibility index (Phi) is 5.06. The summed E-state index contributed by atoms with van der Waals surface area (Å²) in [4.78, 5) is 2.29. The van der Waals surface area contributed by atoms with Crippen molar-refractivity contribution in [3.05, 3.63) is 63.6 Å². The number of hydrogen-bond donors (Lipinski definition) is 0. The smallest absolute Gasteiger partial charge is 0.0437 e. The van der Waals surface area contributed by atoms with Crippen LogP contribution in [-0.4, -0.2) is 7.05 Å². The molecule has 3 heteroatoms. The highest BCUT2D eigenvalue weighted by atomic mass is 79.9. The van der Waals surface area contributed by atoms with Gasteiger partial charge >= 0.3 is 0 Å². The summed E-state index contributed by atoms with van der Waals surface area (Å²) >= 11 is 7.10. The zero-order valence-corrected chi connectivity index (χ0v) is 14.3. The van der Waals surface area contributed by atoms with E-state index in [1.807, 2.05) is 6.07 Å². The topological polar surface area (TPSA) is 3.24 Å². The Labute approximate surface area is 131 Å². The lowest BCUT2D eigenvalue weighted by atomic mass is 10.1. The molecule has 0 atom stereocenters. The fourth-order valence-electron chi connectivity index (χ4n) is 2.20. The van der Waals surface area contributed by atoms with E-state index in [0.29, 0.717) is 0 Å². The zero-order valence-electron chi connectivity index (χ0n) is 11.2. The molecule has 0 saturated heterocycles. The first-order valence-electron chi connectivity index (χ1n) is 6.22. The van der Waals surface area contributed by atoms with Crippen molar-refractivity contribution in [2.75, 3.05) is 11.9 Å². The first-order valence-corrected chi connectivity index (χ1v) is 8.13. The largest absolute Gasteiger partial charge is 0.370 e. The van der Waals surface area contributed by atoms with Crippen molar-refractivity contribution in [3.63, 3.8) is 0 Å². The number of rotatable bonds is 4. The van der Waals surface area contributed by atoms with Gasteiger partial charge in [-0.15, -0.1) is 0 Å². The second kappa shape index (κ2) is 6.58. The van der Waals surface area contributed by atoms with Crippen LogP contribution < -0.4 is 4.90 Å². The number of aryl methyl sites for hydroxylation is 1. The molecule has 0 bridgehead atoms. The van der Waals surface area contributed by atoms with Gasteiger partial charge in [-0.1, -0.05) is 62.2 Å². The number of benzene rings is 2. The molecule has 2 aromatic carbocycles. The average Bonchev–Trinajstić information content (AvgIpc) is 2.41. The highest BCUT2D eigenvalue weighted by Crippen LogP contribution is 2.25. The molecule has 100 valence electrons. The van der Waals surface area contributed by atoms with Gasteiger partial charge in [0.25, 0.3) is 0 Å². The van der Waals surface area contributed by atoms with Crippen molar-refractivity contribution in [1.29, 1.82) is 0 Å². The quantitative estimate of drug-likeness (QED) is 0.649. The maximum Gasteiger partial charge on any atom is 0.0437 e. The lowest BCUT2D eigenvalue weighted by Gasteiger charge is -2.22. The van der Waals surface area contributed by atoms with E-state index in [1.54, 1.807) is 0 Å². The van der Waals surface area contributed by atoms with Crippen molar-refractivity contribution >= 4 is 37.5 Å². The summed E-state index contributed by atoms with van der Waals surface area (Å²) in [7, 11) is 2.13. The molecule has 0 heterocycles. The van der Waals surface area contributed by atoms with Crippen LogP contribution in [0.25, 0.3) is 0 Å². The first kappa shape index (κ1) is 14.6. The Morgan fingerprint density at radius 2 is 1.84 bits per heavy atom. The van der Waals surface area contributed by atoms with Crippen LogP contribution in [0.1, 0.15) is 16.7 Å². The van der Waals surface area contributed by atoms with E-state index >= 15 is 0 Å².